The van der Waals surface area contributed by atoms with E-state index >= 15 is 0 Å². The monoisotopic (exact) mass is 280 g/mol. The number of benzene rings is 1. The Morgan fingerprint density at radius 1 is 1.00 bits per heavy atom. The molecular weight excluding hydrogens is 252 g/mol. The minimum atomic E-state index is 0.132. The maximum Gasteiger partial charge on any atom is 0.0180 e. The molecule has 0 radical (unpaired) electrons. The van der Waals surface area contributed by atoms with Crippen LogP contribution < -0.4 is 0 Å². The van der Waals surface area contributed by atoms with Crippen LogP contribution in [0.1, 0.15) is 65.5 Å². The third-order valence-electron chi connectivity index (χ3n) is 5.16. The lowest BCUT2D eigenvalue weighted by molar-refractivity contribution is 0.512. The van der Waals surface area contributed by atoms with Crippen LogP contribution in [0.2, 0.25) is 0 Å². The molecule has 112 valence electrons. The average Bonchev–Trinajstić information content (AvgIpc) is 2.67. The topological polar surface area (TPSA) is 0 Å². The van der Waals surface area contributed by atoms with Crippen LogP contribution in [-0.4, -0.2) is 0 Å². The van der Waals surface area contributed by atoms with Gasteiger partial charge in [0, 0.05) is 10.8 Å². The van der Waals surface area contributed by atoms with Gasteiger partial charge in [-0.05, 0) is 40.5 Å². The third-order valence-corrected chi connectivity index (χ3v) is 5.16. The lowest BCUT2D eigenvalue weighted by Gasteiger charge is -2.40. The van der Waals surface area contributed by atoms with E-state index in [0.29, 0.717) is 0 Å². The van der Waals surface area contributed by atoms with E-state index in [2.05, 4.69) is 78.0 Å². The highest BCUT2D eigenvalue weighted by Crippen LogP contribution is 2.55. The first-order valence-electron chi connectivity index (χ1n) is 8.19. The number of rotatable bonds is 0. The summed E-state index contributed by atoms with van der Waals surface area (Å²) in [6.07, 6.45) is 7.49. The van der Waals surface area contributed by atoms with Gasteiger partial charge in [-0.2, -0.15) is 0 Å². The van der Waals surface area contributed by atoms with E-state index in [1.807, 2.05) is 0 Å². The van der Waals surface area contributed by atoms with Crippen molar-refractivity contribution in [2.45, 2.75) is 65.2 Å². The molecule has 0 heteroatoms. The Morgan fingerprint density at radius 2 is 1.62 bits per heavy atom. The molecule has 0 saturated heterocycles. The molecule has 2 aliphatic carbocycles. The van der Waals surface area contributed by atoms with Crippen molar-refractivity contribution in [3.05, 3.63) is 58.7 Å². The van der Waals surface area contributed by atoms with Crippen LogP contribution >= 0.6 is 0 Å². The second kappa shape index (κ2) is 4.35. The van der Waals surface area contributed by atoms with Gasteiger partial charge in [-0.15, -0.1) is 0 Å². The van der Waals surface area contributed by atoms with Crippen LogP contribution in [0.4, 0.5) is 0 Å². The number of hydrogen-bond acceptors (Lipinski definition) is 0. The minimum Gasteiger partial charge on any atom is -0.0756 e. The molecule has 0 spiro atoms. The molecule has 0 heterocycles. The fourth-order valence-corrected chi connectivity index (χ4v) is 4.18. The first-order chi connectivity index (χ1) is 9.63. The molecule has 1 saturated carbocycles. The van der Waals surface area contributed by atoms with E-state index in [4.69, 9.17) is 0 Å². The molecule has 1 atom stereocenters. The van der Waals surface area contributed by atoms with Crippen LogP contribution in [0.25, 0.3) is 0 Å². The van der Waals surface area contributed by atoms with Crippen LogP contribution in [-0.2, 0) is 10.8 Å². The first-order valence-corrected chi connectivity index (χ1v) is 8.19. The SMILES string of the molecule is CC(C)(C)/C=C1\CCC2(C)C1=CC(C)(C)c1ccccc12. The van der Waals surface area contributed by atoms with Gasteiger partial charge in [-0.25, -0.2) is 0 Å². The highest BCUT2D eigenvalue weighted by Gasteiger charge is 2.45. The van der Waals surface area contributed by atoms with Gasteiger partial charge in [0.25, 0.3) is 0 Å². The van der Waals surface area contributed by atoms with Gasteiger partial charge in [0.1, 0.15) is 0 Å². The molecule has 0 aromatic heterocycles. The van der Waals surface area contributed by atoms with Crippen molar-refractivity contribution in [2.75, 3.05) is 0 Å². The molecule has 1 unspecified atom stereocenters. The van der Waals surface area contributed by atoms with Gasteiger partial charge < -0.3 is 0 Å². The number of allylic oxidation sites excluding steroid dienone is 4. The Hall–Kier alpha value is -1.30. The normalized spacial score (nSPS) is 29.0. The van der Waals surface area contributed by atoms with Crippen LogP contribution in [0.15, 0.2) is 47.6 Å². The number of hydrogen-bond donors (Lipinski definition) is 0. The van der Waals surface area contributed by atoms with Crippen LogP contribution in [0.3, 0.4) is 0 Å². The summed E-state index contributed by atoms with van der Waals surface area (Å²) in [5.74, 6) is 0. The molecule has 1 fully saturated rings. The second-order valence-corrected chi connectivity index (χ2v) is 8.69. The van der Waals surface area contributed by atoms with Crippen molar-refractivity contribution in [3.8, 4) is 0 Å². The summed E-state index contributed by atoms with van der Waals surface area (Å²) in [6.45, 7) is 14.1. The molecule has 1 aromatic rings. The van der Waals surface area contributed by atoms with Gasteiger partial charge in [-0.3, -0.25) is 0 Å². The summed E-state index contributed by atoms with van der Waals surface area (Å²) >= 11 is 0. The van der Waals surface area contributed by atoms with Gasteiger partial charge in [0.15, 0.2) is 0 Å². The van der Waals surface area contributed by atoms with Crippen LogP contribution in [0, 0.1) is 5.41 Å². The highest BCUT2D eigenvalue weighted by molar-refractivity contribution is 5.59. The Balaban J connectivity index is 2.21. The largest absolute Gasteiger partial charge is 0.0756 e. The molecule has 0 aliphatic heterocycles. The Morgan fingerprint density at radius 3 is 2.24 bits per heavy atom. The second-order valence-electron chi connectivity index (χ2n) is 8.69. The van der Waals surface area contributed by atoms with Crippen molar-refractivity contribution in [3.63, 3.8) is 0 Å². The summed E-state index contributed by atoms with van der Waals surface area (Å²) in [7, 11) is 0. The summed E-state index contributed by atoms with van der Waals surface area (Å²) in [5, 5.41) is 0. The van der Waals surface area contributed by atoms with E-state index in [-0.39, 0.29) is 16.2 Å². The van der Waals surface area contributed by atoms with E-state index in [9.17, 15) is 0 Å². The molecule has 3 rings (SSSR count). The molecule has 0 N–H and O–H groups in total. The molecule has 0 bridgehead atoms. The predicted octanol–water partition coefficient (Wildman–Crippen LogP) is 5.93. The zero-order chi connectivity index (χ0) is 15.5. The van der Waals surface area contributed by atoms with E-state index in [1.165, 1.54) is 18.4 Å². The van der Waals surface area contributed by atoms with Crippen molar-refractivity contribution < 1.29 is 0 Å². The van der Waals surface area contributed by atoms with E-state index < -0.39 is 0 Å². The quantitative estimate of drug-likeness (QED) is 0.552. The summed E-state index contributed by atoms with van der Waals surface area (Å²) in [5.41, 5.74) is 6.81. The summed E-state index contributed by atoms with van der Waals surface area (Å²) in [4.78, 5) is 0. The molecule has 0 nitrogen and oxygen atoms in total. The van der Waals surface area contributed by atoms with Crippen molar-refractivity contribution in [2.24, 2.45) is 5.41 Å². The van der Waals surface area contributed by atoms with Crippen molar-refractivity contribution >= 4 is 0 Å². The fraction of sp³-hybridized carbons (Fsp3) is 0.524. The van der Waals surface area contributed by atoms with Crippen molar-refractivity contribution in [1.29, 1.82) is 0 Å². The minimum absolute atomic E-state index is 0.132. The Bertz CT molecular complexity index is 634. The zero-order valence-electron chi connectivity index (χ0n) is 14.4. The van der Waals surface area contributed by atoms with E-state index in [1.54, 1.807) is 16.7 Å². The maximum atomic E-state index is 2.54. The van der Waals surface area contributed by atoms with Gasteiger partial charge >= 0.3 is 0 Å². The molecule has 0 amide bonds. The lowest BCUT2D eigenvalue weighted by Crippen LogP contribution is -2.32. The fourth-order valence-electron chi connectivity index (χ4n) is 4.18. The highest BCUT2D eigenvalue weighted by atomic mass is 14.5. The molecule has 2 aliphatic rings. The molecule has 21 heavy (non-hydrogen) atoms. The Kier molecular flexibility index (Phi) is 3.03. The first kappa shape index (κ1) is 14.6. The van der Waals surface area contributed by atoms with Gasteiger partial charge in [0.2, 0.25) is 0 Å². The summed E-state index contributed by atoms with van der Waals surface area (Å²) < 4.78 is 0. The predicted molar refractivity (Wildman–Crippen MR) is 91.7 cm³/mol. The maximum absolute atomic E-state index is 2.54. The van der Waals surface area contributed by atoms with Crippen molar-refractivity contribution in [1.82, 2.24) is 0 Å². The van der Waals surface area contributed by atoms with Gasteiger partial charge in [0.05, 0.1) is 0 Å². The zero-order valence-corrected chi connectivity index (χ0v) is 14.4. The third kappa shape index (κ3) is 2.29. The lowest BCUT2D eigenvalue weighted by atomic mass is 9.63. The van der Waals surface area contributed by atoms with Gasteiger partial charge in [-0.1, -0.05) is 78.0 Å². The standard InChI is InChI=1S/C21H28/c1-19(2,3)13-15-11-12-21(6)17-10-8-7-9-16(17)20(4,5)14-18(15)21/h7-10,13-14H,11-12H2,1-6H3/b15-13+. The number of fused-ring (bicyclic) bond motifs is 3. The van der Waals surface area contributed by atoms with Crippen LogP contribution in [0.5, 0.6) is 0 Å². The average molecular weight is 280 g/mol. The Labute approximate surface area is 130 Å². The van der Waals surface area contributed by atoms with E-state index in [0.717, 1.165) is 0 Å². The smallest absolute Gasteiger partial charge is 0.0180 e. The summed E-state index contributed by atoms with van der Waals surface area (Å²) in [6, 6.07) is 9.06. The molecule has 1 aromatic carbocycles. The molecular formula is C21H28.